The Balaban J connectivity index is 2.97. The van der Waals surface area contributed by atoms with Gasteiger partial charge in [0.25, 0.3) is 0 Å². The second-order valence-corrected chi connectivity index (χ2v) is 5.07. The fourth-order valence-electron chi connectivity index (χ4n) is 2.12. The largest absolute Gasteiger partial charge is 0.542 e. The Hall–Kier alpha value is -0.770. The quantitative estimate of drug-likeness (QED) is 0.201. The summed E-state index contributed by atoms with van der Waals surface area (Å²) in [6.07, 6.45) is 14.0. The van der Waals surface area contributed by atoms with Gasteiger partial charge in [-0.2, -0.15) is 0 Å². The first-order valence-corrected chi connectivity index (χ1v) is 7.77. The normalized spacial score (nSPS) is 10.4. The van der Waals surface area contributed by atoms with Crippen molar-refractivity contribution in [1.82, 2.24) is 0 Å². The van der Waals surface area contributed by atoms with E-state index in [4.69, 9.17) is 0 Å². The minimum Gasteiger partial charge on any atom is -0.432 e. The molecule has 113 valence electrons. The molecule has 0 spiro atoms. The summed E-state index contributed by atoms with van der Waals surface area (Å²) < 4.78 is 4.51. The molecule has 0 N–H and O–H groups in total. The Morgan fingerprint density at radius 3 is 1.58 bits per heavy atom. The Morgan fingerprint density at radius 2 is 1.16 bits per heavy atom. The van der Waals surface area contributed by atoms with Crippen LogP contribution in [-0.4, -0.2) is 12.8 Å². The maximum Gasteiger partial charge on any atom is 0.542 e. The fraction of sp³-hybridized carbons (Fsp3) is 0.933. The lowest BCUT2D eigenvalue weighted by Crippen LogP contribution is -2.04. The van der Waals surface area contributed by atoms with Crippen LogP contribution in [0.5, 0.6) is 0 Å². The monoisotopic (exact) mass is 273 g/mol. The second-order valence-electron chi connectivity index (χ2n) is 5.07. The predicted octanol–water partition coefficient (Wildman–Crippen LogP) is 5.19. The Bertz CT molecular complexity index is 195. The lowest BCUT2D eigenvalue weighted by molar-refractivity contribution is -0.260. The van der Waals surface area contributed by atoms with Crippen LogP contribution in [0.4, 0.5) is 4.79 Å². The molecule has 0 saturated carbocycles. The molecule has 0 rings (SSSR count). The van der Waals surface area contributed by atoms with Crippen molar-refractivity contribution < 1.29 is 19.7 Å². The number of rotatable bonds is 13. The summed E-state index contributed by atoms with van der Waals surface area (Å²) in [6, 6.07) is 0. The molecule has 0 fully saturated rings. The van der Waals surface area contributed by atoms with Gasteiger partial charge >= 0.3 is 6.16 Å². The van der Waals surface area contributed by atoms with E-state index in [0.717, 1.165) is 12.8 Å². The summed E-state index contributed by atoms with van der Waals surface area (Å²) in [4.78, 5) is 13.5. The number of carbonyl (C=O) groups is 1. The van der Waals surface area contributed by atoms with Gasteiger partial charge in [0.1, 0.15) is 0 Å². The van der Waals surface area contributed by atoms with Crippen LogP contribution in [0.15, 0.2) is 0 Å². The van der Waals surface area contributed by atoms with Crippen molar-refractivity contribution in [1.29, 1.82) is 0 Å². The highest BCUT2D eigenvalue weighted by Crippen LogP contribution is 2.11. The van der Waals surface area contributed by atoms with E-state index >= 15 is 0 Å². The van der Waals surface area contributed by atoms with Crippen molar-refractivity contribution in [2.45, 2.75) is 84.0 Å². The molecule has 0 aliphatic rings. The third kappa shape index (κ3) is 15.2. The third-order valence-corrected chi connectivity index (χ3v) is 3.29. The minimum atomic E-state index is -1.12. The van der Waals surface area contributed by atoms with Gasteiger partial charge in [-0.05, 0) is 6.42 Å². The molecule has 0 atom stereocenters. The molecular formula is C15H29O4. The molecule has 0 unspecified atom stereocenters. The van der Waals surface area contributed by atoms with E-state index in [1.54, 1.807) is 0 Å². The van der Waals surface area contributed by atoms with Gasteiger partial charge < -0.3 is 4.74 Å². The summed E-state index contributed by atoms with van der Waals surface area (Å²) in [7, 11) is 0. The smallest absolute Gasteiger partial charge is 0.432 e. The van der Waals surface area contributed by atoms with Crippen LogP contribution in [-0.2, 0) is 14.9 Å². The van der Waals surface area contributed by atoms with Crippen molar-refractivity contribution in [3.63, 3.8) is 0 Å². The van der Waals surface area contributed by atoms with E-state index < -0.39 is 6.16 Å². The number of carbonyl (C=O) groups excluding carboxylic acids is 1. The molecule has 4 heteroatoms. The van der Waals surface area contributed by atoms with Gasteiger partial charge in [-0.1, -0.05) is 77.6 Å². The summed E-state index contributed by atoms with van der Waals surface area (Å²) in [6.45, 7) is 2.53. The van der Waals surface area contributed by atoms with Gasteiger partial charge in [0, 0.05) is 5.26 Å². The zero-order valence-corrected chi connectivity index (χ0v) is 12.3. The average Bonchev–Trinajstić information content (AvgIpc) is 2.43. The molecule has 0 aromatic carbocycles. The molecular weight excluding hydrogens is 244 g/mol. The molecule has 0 saturated heterocycles. The van der Waals surface area contributed by atoms with Gasteiger partial charge in [0.2, 0.25) is 0 Å². The van der Waals surface area contributed by atoms with Gasteiger partial charge in [0.15, 0.2) is 0 Å². The standard InChI is InChI=1S/C15H29O4/c1-2-3-4-5-6-7-8-9-10-11-12-13-14-18-15(16)19-17/h2-14H2,1H3. The van der Waals surface area contributed by atoms with Crippen LogP contribution < -0.4 is 0 Å². The molecule has 1 radical (unpaired) electrons. The van der Waals surface area contributed by atoms with Crippen molar-refractivity contribution in [3.8, 4) is 0 Å². The first kappa shape index (κ1) is 18.2. The predicted molar refractivity (Wildman–Crippen MR) is 74.2 cm³/mol. The highest BCUT2D eigenvalue weighted by atomic mass is 17.1. The zero-order valence-electron chi connectivity index (χ0n) is 12.3. The lowest BCUT2D eigenvalue weighted by atomic mass is 10.1. The van der Waals surface area contributed by atoms with Gasteiger partial charge in [-0.25, -0.2) is 9.68 Å². The number of hydrogen-bond acceptors (Lipinski definition) is 3. The van der Waals surface area contributed by atoms with Crippen molar-refractivity contribution in [2.75, 3.05) is 6.61 Å². The van der Waals surface area contributed by atoms with Crippen LogP contribution in [0.1, 0.15) is 84.0 Å². The van der Waals surface area contributed by atoms with Gasteiger partial charge in [-0.15, -0.1) is 0 Å². The fourth-order valence-corrected chi connectivity index (χ4v) is 2.12. The molecule has 4 nitrogen and oxygen atoms in total. The van der Waals surface area contributed by atoms with Gasteiger partial charge in [0.05, 0.1) is 6.61 Å². The van der Waals surface area contributed by atoms with Gasteiger partial charge in [-0.3, -0.25) is 0 Å². The Morgan fingerprint density at radius 1 is 0.737 bits per heavy atom. The SMILES string of the molecule is CCCCCCCCCCCCCCOC(=O)O[O]. The first-order valence-electron chi connectivity index (χ1n) is 7.77. The first-order chi connectivity index (χ1) is 9.31. The van der Waals surface area contributed by atoms with Crippen molar-refractivity contribution in [3.05, 3.63) is 0 Å². The van der Waals surface area contributed by atoms with E-state index in [9.17, 15) is 10.1 Å². The van der Waals surface area contributed by atoms with Crippen molar-refractivity contribution in [2.24, 2.45) is 0 Å². The van der Waals surface area contributed by atoms with Crippen LogP contribution in [0.25, 0.3) is 0 Å². The van der Waals surface area contributed by atoms with E-state index in [1.165, 1.54) is 64.2 Å². The molecule has 19 heavy (non-hydrogen) atoms. The topological polar surface area (TPSA) is 55.4 Å². The Kier molecular flexibility index (Phi) is 14.7. The molecule has 0 amide bonds. The molecule has 0 aliphatic carbocycles. The maximum atomic E-state index is 10.4. The highest BCUT2D eigenvalue weighted by Gasteiger charge is 2.01. The number of ether oxygens (including phenoxy) is 1. The zero-order chi connectivity index (χ0) is 14.2. The van der Waals surface area contributed by atoms with Crippen molar-refractivity contribution >= 4 is 6.16 Å². The molecule has 0 aromatic heterocycles. The molecule has 0 aliphatic heterocycles. The number of unbranched alkanes of at least 4 members (excludes halogenated alkanes) is 11. The molecule has 0 bridgehead atoms. The summed E-state index contributed by atoms with van der Waals surface area (Å²) in [5.41, 5.74) is 0. The third-order valence-electron chi connectivity index (χ3n) is 3.29. The van der Waals surface area contributed by atoms with Crippen LogP contribution in [0.2, 0.25) is 0 Å². The van der Waals surface area contributed by atoms with E-state index in [2.05, 4.69) is 16.5 Å². The second kappa shape index (κ2) is 15.3. The van der Waals surface area contributed by atoms with Crippen LogP contribution in [0.3, 0.4) is 0 Å². The number of hydrogen-bond donors (Lipinski definition) is 0. The lowest BCUT2D eigenvalue weighted by Gasteiger charge is -2.03. The maximum absolute atomic E-state index is 10.4. The van der Waals surface area contributed by atoms with Crippen LogP contribution in [0, 0.1) is 0 Å². The summed E-state index contributed by atoms with van der Waals surface area (Å²) >= 11 is 0. The van der Waals surface area contributed by atoms with E-state index in [0.29, 0.717) is 6.61 Å². The minimum absolute atomic E-state index is 0.290. The Labute approximate surface area is 117 Å². The van der Waals surface area contributed by atoms with Crippen LogP contribution >= 0.6 is 0 Å². The highest BCUT2D eigenvalue weighted by molar-refractivity contribution is 5.58. The molecule has 0 aromatic rings. The summed E-state index contributed by atoms with van der Waals surface area (Å²) in [5.74, 6) is 0. The average molecular weight is 273 g/mol. The van der Waals surface area contributed by atoms with E-state index in [1.807, 2.05) is 0 Å². The molecule has 0 heterocycles. The summed E-state index contributed by atoms with van der Waals surface area (Å²) in [5, 5.41) is 9.60. The van der Waals surface area contributed by atoms with E-state index in [-0.39, 0.29) is 0 Å².